The highest BCUT2D eigenvalue weighted by atomic mass is 32.2. The molecule has 0 aromatic heterocycles. The number of nitrogens with one attached hydrogen (secondary N) is 1. The van der Waals surface area contributed by atoms with Gasteiger partial charge in [-0.15, -0.1) is 0 Å². The maximum atomic E-state index is 12.0. The zero-order valence-corrected chi connectivity index (χ0v) is 32.6. The van der Waals surface area contributed by atoms with Gasteiger partial charge >= 0.3 is 5.97 Å². The molecule has 6 nitrogen and oxygen atoms in total. The molecule has 6 aliphatic rings. The molecule has 1 saturated heterocycles. The van der Waals surface area contributed by atoms with Crippen molar-refractivity contribution < 1.29 is 18.3 Å². The van der Waals surface area contributed by atoms with Crippen LogP contribution < -0.4 is 5.32 Å². The van der Waals surface area contributed by atoms with Crippen LogP contribution in [-0.4, -0.2) is 67.6 Å². The smallest absolute Gasteiger partial charge is 0.306 e. The Bertz CT molecular complexity index is 1360. The van der Waals surface area contributed by atoms with Crippen molar-refractivity contribution in [1.82, 2.24) is 10.2 Å². The van der Waals surface area contributed by atoms with Crippen molar-refractivity contribution in [3.05, 3.63) is 23.8 Å². The molecule has 1 heterocycles. The number of aliphatic carboxylic acids is 1. The number of nitrogens with zero attached hydrogens (tertiary/aromatic N) is 1. The highest BCUT2D eigenvalue weighted by Gasteiger charge is 2.65. The van der Waals surface area contributed by atoms with E-state index in [2.05, 4.69) is 57.5 Å². The third kappa shape index (κ3) is 7.39. The Labute approximate surface area is 299 Å². The lowest BCUT2D eigenvalue weighted by Crippen LogP contribution is -2.64. The van der Waals surface area contributed by atoms with Gasteiger partial charge in [-0.2, -0.15) is 0 Å². The third-order valence-electron chi connectivity index (χ3n) is 16.2. The van der Waals surface area contributed by atoms with Gasteiger partial charge in [0.25, 0.3) is 0 Å². The topological polar surface area (TPSA) is 86.7 Å². The number of fused-ring (bicyclic) bond motifs is 5. The molecule has 1 aliphatic heterocycles. The molecule has 0 radical (unpaired) electrons. The van der Waals surface area contributed by atoms with Crippen molar-refractivity contribution in [3.8, 4) is 0 Å². The molecule has 4 saturated carbocycles. The van der Waals surface area contributed by atoms with Crippen LogP contribution >= 0.6 is 0 Å². The van der Waals surface area contributed by atoms with E-state index in [0.717, 1.165) is 51.1 Å². The lowest BCUT2D eigenvalue weighted by atomic mass is 9.39. The number of sulfone groups is 1. The van der Waals surface area contributed by atoms with E-state index in [4.69, 9.17) is 0 Å². The number of rotatable bonds is 8. The standard InChI is InChI=1S/C42H70N2O4S/c1-30(2)35-16-19-42(43-22-23-44-24-26-49(47,48)27-25-44)21-20-41(6)36(37(35)42)15-14-33-12-8-13-34(39(3,4)17-9-18-40(33,41)5)29-31-10-7-11-32(28-31)38(45)46/h13,31-33,35-37,43H,1,7-12,14-29H2,2-6H3,(H,45,46). The lowest BCUT2D eigenvalue weighted by molar-refractivity contribution is -0.158. The molecule has 7 heteroatoms. The van der Waals surface area contributed by atoms with Crippen LogP contribution in [0.25, 0.3) is 0 Å². The van der Waals surface area contributed by atoms with Gasteiger partial charge in [-0.3, -0.25) is 4.79 Å². The summed E-state index contributed by atoms with van der Waals surface area (Å²) in [7, 11) is -2.85. The quantitative estimate of drug-likeness (QED) is 0.247. The SMILES string of the molecule is C=C(C)C1CCC2(NCCN3CCS(=O)(=O)CC3)CCC3(C)C(CCC4CCC=C(CC5CCCC(C(=O)O)C5)C(C)(C)CCCC43C)C12. The molecule has 0 amide bonds. The number of hydrogen-bond donors (Lipinski definition) is 2. The summed E-state index contributed by atoms with van der Waals surface area (Å²) in [6.45, 7) is 20.5. The van der Waals surface area contributed by atoms with Crippen LogP contribution in [0.1, 0.15) is 137 Å². The van der Waals surface area contributed by atoms with E-state index < -0.39 is 15.8 Å². The van der Waals surface area contributed by atoms with Crippen LogP contribution in [-0.2, 0) is 14.6 Å². The largest absolute Gasteiger partial charge is 0.481 e. The van der Waals surface area contributed by atoms with Crippen molar-refractivity contribution in [1.29, 1.82) is 0 Å². The van der Waals surface area contributed by atoms with Crippen molar-refractivity contribution in [3.63, 3.8) is 0 Å². The Kier molecular flexibility index (Phi) is 11.0. The van der Waals surface area contributed by atoms with Crippen molar-refractivity contribution >= 4 is 15.8 Å². The van der Waals surface area contributed by atoms with Crippen LogP contribution in [0.4, 0.5) is 0 Å². The molecule has 0 bridgehead atoms. The predicted molar refractivity (Wildman–Crippen MR) is 201 cm³/mol. The minimum absolute atomic E-state index is 0.150. The highest BCUT2D eigenvalue weighted by Crippen LogP contribution is 2.70. The van der Waals surface area contributed by atoms with Crippen LogP contribution in [0.5, 0.6) is 0 Å². The van der Waals surface area contributed by atoms with Crippen LogP contribution in [0.2, 0.25) is 0 Å². The molecular weight excluding hydrogens is 629 g/mol. The summed E-state index contributed by atoms with van der Waals surface area (Å²) < 4.78 is 24.0. The molecule has 0 aromatic carbocycles. The zero-order valence-electron chi connectivity index (χ0n) is 31.8. The molecule has 2 N–H and O–H groups in total. The van der Waals surface area contributed by atoms with E-state index in [0.29, 0.717) is 59.1 Å². The molecule has 5 aliphatic carbocycles. The predicted octanol–water partition coefficient (Wildman–Crippen LogP) is 8.68. The Morgan fingerprint density at radius 2 is 1.69 bits per heavy atom. The first kappa shape index (κ1) is 37.6. The monoisotopic (exact) mass is 699 g/mol. The molecule has 9 unspecified atom stereocenters. The molecule has 49 heavy (non-hydrogen) atoms. The van der Waals surface area contributed by atoms with Gasteiger partial charge in [-0.25, -0.2) is 8.42 Å². The van der Waals surface area contributed by atoms with E-state index >= 15 is 0 Å². The fourth-order valence-corrected chi connectivity index (χ4v) is 14.2. The first-order valence-electron chi connectivity index (χ1n) is 20.3. The Hall–Kier alpha value is -1.18. The Morgan fingerprint density at radius 1 is 0.939 bits per heavy atom. The number of carbonyl (C=O) groups is 1. The van der Waals surface area contributed by atoms with Gasteiger partial charge in [0.2, 0.25) is 0 Å². The molecule has 9 atom stereocenters. The average molecular weight is 699 g/mol. The molecule has 5 fully saturated rings. The number of allylic oxidation sites excluding steroid dienone is 3. The van der Waals surface area contributed by atoms with Gasteiger partial charge in [0.1, 0.15) is 0 Å². The van der Waals surface area contributed by atoms with Crippen molar-refractivity contribution in [2.75, 3.05) is 37.7 Å². The Balaban J connectivity index is 1.18. The summed E-state index contributed by atoms with van der Waals surface area (Å²) in [5.41, 5.74) is 3.96. The van der Waals surface area contributed by atoms with Gasteiger partial charge in [-0.05, 0) is 136 Å². The normalized spacial score (nSPS) is 42.6. The zero-order chi connectivity index (χ0) is 35.2. The van der Waals surface area contributed by atoms with E-state index in [9.17, 15) is 18.3 Å². The summed E-state index contributed by atoms with van der Waals surface area (Å²) >= 11 is 0. The highest BCUT2D eigenvalue weighted by molar-refractivity contribution is 7.91. The summed E-state index contributed by atoms with van der Waals surface area (Å²) in [5.74, 6) is 3.06. The van der Waals surface area contributed by atoms with Gasteiger partial charge in [0, 0.05) is 31.7 Å². The molecule has 278 valence electrons. The molecule has 0 spiro atoms. The first-order chi connectivity index (χ1) is 23.1. The second-order valence-electron chi connectivity index (χ2n) is 19.1. The number of carboxylic acid groups (broad SMARTS) is 1. The maximum Gasteiger partial charge on any atom is 0.306 e. The summed E-state index contributed by atoms with van der Waals surface area (Å²) in [6.07, 6.45) is 21.6. The Morgan fingerprint density at radius 3 is 2.41 bits per heavy atom. The van der Waals surface area contributed by atoms with Gasteiger partial charge in [0.15, 0.2) is 9.84 Å². The summed E-state index contributed by atoms with van der Waals surface area (Å²) in [6, 6.07) is 0. The number of hydrogen-bond acceptors (Lipinski definition) is 5. The number of carboxylic acids is 1. The minimum atomic E-state index is -2.85. The maximum absolute atomic E-state index is 12.0. The molecule has 0 aromatic rings. The molecule has 6 rings (SSSR count). The van der Waals surface area contributed by atoms with E-state index in [1.54, 1.807) is 5.57 Å². The first-order valence-corrected chi connectivity index (χ1v) is 22.2. The molecular formula is C42H70N2O4S. The van der Waals surface area contributed by atoms with Gasteiger partial charge in [-0.1, -0.05) is 70.8 Å². The van der Waals surface area contributed by atoms with Crippen molar-refractivity contribution in [2.45, 2.75) is 143 Å². The van der Waals surface area contributed by atoms with Crippen LogP contribution in [0, 0.1) is 51.8 Å². The fraction of sp³-hybridized carbons (Fsp3) is 0.881. The third-order valence-corrected chi connectivity index (χ3v) is 17.8. The summed E-state index contributed by atoms with van der Waals surface area (Å²) in [5, 5.41) is 13.9. The lowest BCUT2D eigenvalue weighted by Gasteiger charge is -2.66. The van der Waals surface area contributed by atoms with E-state index in [1.165, 1.54) is 76.2 Å². The van der Waals surface area contributed by atoms with Gasteiger partial charge < -0.3 is 15.3 Å². The van der Waals surface area contributed by atoms with Crippen LogP contribution in [0.3, 0.4) is 0 Å². The van der Waals surface area contributed by atoms with Crippen molar-refractivity contribution in [2.24, 2.45) is 51.8 Å². The van der Waals surface area contributed by atoms with E-state index in [1.807, 2.05) is 0 Å². The van der Waals surface area contributed by atoms with E-state index in [-0.39, 0.29) is 16.9 Å². The minimum Gasteiger partial charge on any atom is -0.481 e. The fourth-order valence-electron chi connectivity index (χ4n) is 12.9. The second kappa shape index (κ2) is 14.3. The van der Waals surface area contributed by atoms with Gasteiger partial charge in [0.05, 0.1) is 17.4 Å². The van der Waals surface area contributed by atoms with Crippen LogP contribution in [0.15, 0.2) is 23.8 Å². The average Bonchev–Trinajstić information content (AvgIpc) is 3.43. The second-order valence-corrected chi connectivity index (χ2v) is 21.4. The summed E-state index contributed by atoms with van der Waals surface area (Å²) in [4.78, 5) is 14.2.